The number of aromatic nitrogens is 2. The smallest absolute Gasteiger partial charge is 0.276 e. The molecule has 1 N–H and O–H groups in total. The van der Waals surface area contributed by atoms with Gasteiger partial charge in [0.25, 0.3) is 5.91 Å². The average molecular weight is 511 g/mol. The molecule has 0 spiro atoms. The summed E-state index contributed by atoms with van der Waals surface area (Å²) in [6.45, 7) is 0.491. The number of para-hydroxylation sites is 1. The number of halogens is 1. The summed E-state index contributed by atoms with van der Waals surface area (Å²) in [6, 6.07) is 16.5. The molecule has 0 saturated heterocycles. The molecule has 2 aromatic carbocycles. The van der Waals surface area contributed by atoms with Crippen LogP contribution in [0, 0.1) is 5.82 Å². The van der Waals surface area contributed by atoms with E-state index in [1.165, 1.54) is 30.7 Å². The minimum atomic E-state index is -3.83. The normalized spacial score (nSPS) is 11.2. The van der Waals surface area contributed by atoms with Crippen LogP contribution in [0.5, 0.6) is 5.75 Å². The van der Waals surface area contributed by atoms with Gasteiger partial charge in [0.2, 0.25) is 15.0 Å². The number of benzene rings is 2. The summed E-state index contributed by atoms with van der Waals surface area (Å²) in [5.41, 5.74) is 0.769. The SMILES string of the molecule is COc1cccc(CN(Cc2ccco2)c2cnc(S(C)(=O)=O)nc2C(=O)Nc2ccccc2F)c1. The maximum atomic E-state index is 14.2. The standard InChI is InChI=1S/C25H23FN4O5S/c1-34-18-8-5-7-17(13-18)15-30(16-19-9-6-12-35-19)22-14-27-25(36(2,32)33)29-23(22)24(31)28-21-11-4-3-10-20(21)26/h3-14H,15-16H2,1-2H3,(H,28,31). The van der Waals surface area contributed by atoms with Gasteiger partial charge < -0.3 is 19.4 Å². The number of carbonyl (C=O) groups excluding carboxylic acids is 1. The molecule has 0 radical (unpaired) electrons. The zero-order valence-corrected chi connectivity index (χ0v) is 20.3. The second kappa shape index (κ2) is 10.6. The van der Waals surface area contributed by atoms with E-state index in [-0.39, 0.29) is 30.2 Å². The first-order valence-electron chi connectivity index (χ1n) is 10.8. The van der Waals surface area contributed by atoms with E-state index < -0.39 is 26.7 Å². The number of furan rings is 1. The van der Waals surface area contributed by atoms with Crippen LogP contribution in [-0.2, 0) is 22.9 Å². The molecule has 2 aromatic heterocycles. The molecule has 0 aliphatic rings. The Hall–Kier alpha value is -4.25. The molecule has 0 aliphatic carbocycles. The van der Waals surface area contributed by atoms with E-state index in [0.29, 0.717) is 11.5 Å². The molecule has 4 rings (SSSR count). The van der Waals surface area contributed by atoms with Crippen molar-refractivity contribution in [2.75, 3.05) is 23.6 Å². The van der Waals surface area contributed by atoms with Gasteiger partial charge in [-0.15, -0.1) is 0 Å². The first-order valence-corrected chi connectivity index (χ1v) is 12.7. The Morgan fingerprint density at radius 3 is 2.61 bits per heavy atom. The van der Waals surface area contributed by atoms with Crippen LogP contribution in [-0.4, -0.2) is 37.7 Å². The molecule has 0 saturated carbocycles. The largest absolute Gasteiger partial charge is 0.497 e. The molecule has 9 nitrogen and oxygen atoms in total. The van der Waals surface area contributed by atoms with Gasteiger partial charge in [-0.3, -0.25) is 4.79 Å². The number of carbonyl (C=O) groups is 1. The average Bonchev–Trinajstić information content (AvgIpc) is 3.37. The van der Waals surface area contributed by atoms with Gasteiger partial charge in [0.05, 0.1) is 37.5 Å². The van der Waals surface area contributed by atoms with Crippen LogP contribution in [0.3, 0.4) is 0 Å². The number of methoxy groups -OCH3 is 1. The predicted octanol–water partition coefficient (Wildman–Crippen LogP) is 4.08. The van der Waals surface area contributed by atoms with Crippen LogP contribution in [0.1, 0.15) is 21.8 Å². The van der Waals surface area contributed by atoms with Crippen molar-refractivity contribution in [3.63, 3.8) is 0 Å². The van der Waals surface area contributed by atoms with Crippen LogP contribution in [0.2, 0.25) is 0 Å². The molecule has 0 fully saturated rings. The van der Waals surface area contributed by atoms with Gasteiger partial charge in [-0.2, -0.15) is 0 Å². The van der Waals surface area contributed by atoms with E-state index in [9.17, 15) is 17.6 Å². The molecule has 0 aliphatic heterocycles. The molecule has 0 bridgehead atoms. The molecule has 2 heterocycles. The number of nitrogens with zero attached hydrogens (tertiary/aromatic N) is 3. The Morgan fingerprint density at radius 1 is 1.11 bits per heavy atom. The topological polar surface area (TPSA) is 115 Å². The van der Waals surface area contributed by atoms with Gasteiger partial charge in [0, 0.05) is 12.8 Å². The monoisotopic (exact) mass is 510 g/mol. The zero-order valence-electron chi connectivity index (χ0n) is 19.5. The first kappa shape index (κ1) is 24.9. The molecule has 186 valence electrons. The number of nitrogens with one attached hydrogen (secondary N) is 1. The Morgan fingerprint density at radius 2 is 1.92 bits per heavy atom. The molecule has 4 aromatic rings. The van der Waals surface area contributed by atoms with Gasteiger partial charge in [0.1, 0.15) is 17.3 Å². The summed E-state index contributed by atoms with van der Waals surface area (Å²) in [5, 5.41) is 1.95. The van der Waals surface area contributed by atoms with E-state index in [1.807, 2.05) is 18.2 Å². The third-order valence-corrected chi connectivity index (χ3v) is 6.05. The van der Waals surface area contributed by atoms with Crippen molar-refractivity contribution >= 4 is 27.1 Å². The van der Waals surface area contributed by atoms with Crippen molar-refractivity contribution in [1.29, 1.82) is 0 Å². The van der Waals surface area contributed by atoms with Crippen LogP contribution in [0.15, 0.2) is 82.7 Å². The fraction of sp³-hybridized carbons (Fsp3) is 0.160. The summed E-state index contributed by atoms with van der Waals surface area (Å²) in [7, 11) is -2.27. The molecule has 0 atom stereocenters. The highest BCUT2D eigenvalue weighted by molar-refractivity contribution is 7.90. The minimum Gasteiger partial charge on any atom is -0.497 e. The van der Waals surface area contributed by atoms with Gasteiger partial charge in [-0.25, -0.2) is 22.8 Å². The summed E-state index contributed by atoms with van der Waals surface area (Å²) in [4.78, 5) is 23.1. The highest BCUT2D eigenvalue weighted by atomic mass is 32.2. The lowest BCUT2D eigenvalue weighted by molar-refractivity contribution is 0.102. The molecular formula is C25H23FN4O5S. The zero-order chi connectivity index (χ0) is 25.7. The lowest BCUT2D eigenvalue weighted by Gasteiger charge is -2.25. The maximum Gasteiger partial charge on any atom is 0.276 e. The maximum absolute atomic E-state index is 14.2. The second-order valence-corrected chi connectivity index (χ2v) is 9.79. The summed E-state index contributed by atoms with van der Waals surface area (Å²) >= 11 is 0. The van der Waals surface area contributed by atoms with Crippen LogP contribution in [0.25, 0.3) is 0 Å². The van der Waals surface area contributed by atoms with E-state index >= 15 is 0 Å². The third-order valence-electron chi connectivity index (χ3n) is 5.19. The Labute approximate surface area is 207 Å². The van der Waals surface area contributed by atoms with Crippen molar-refractivity contribution in [2.24, 2.45) is 0 Å². The number of sulfone groups is 1. The number of hydrogen-bond acceptors (Lipinski definition) is 8. The fourth-order valence-corrected chi connectivity index (χ4v) is 3.99. The van der Waals surface area contributed by atoms with Gasteiger partial charge in [0.15, 0.2) is 5.69 Å². The van der Waals surface area contributed by atoms with E-state index in [1.54, 1.807) is 36.3 Å². The fourth-order valence-electron chi connectivity index (χ4n) is 3.49. The van der Waals surface area contributed by atoms with Gasteiger partial charge in [-0.05, 0) is 42.0 Å². The van der Waals surface area contributed by atoms with Crippen molar-refractivity contribution < 1.29 is 26.8 Å². The summed E-state index contributed by atoms with van der Waals surface area (Å²) in [5.74, 6) is -0.205. The first-order chi connectivity index (χ1) is 17.2. The van der Waals surface area contributed by atoms with Crippen molar-refractivity contribution in [2.45, 2.75) is 18.2 Å². The lowest BCUT2D eigenvalue weighted by Crippen LogP contribution is -2.27. The van der Waals surface area contributed by atoms with E-state index in [0.717, 1.165) is 11.8 Å². The highest BCUT2D eigenvalue weighted by Crippen LogP contribution is 2.26. The van der Waals surface area contributed by atoms with E-state index in [2.05, 4.69) is 15.3 Å². The van der Waals surface area contributed by atoms with E-state index in [4.69, 9.17) is 9.15 Å². The summed E-state index contributed by atoms with van der Waals surface area (Å²) in [6.07, 6.45) is 3.73. The predicted molar refractivity (Wildman–Crippen MR) is 131 cm³/mol. The Bertz CT molecular complexity index is 1480. The number of amides is 1. The van der Waals surface area contributed by atoms with Crippen molar-refractivity contribution in [3.8, 4) is 5.75 Å². The number of hydrogen-bond donors (Lipinski definition) is 1. The third kappa shape index (κ3) is 5.87. The Kier molecular flexibility index (Phi) is 7.30. The molecule has 1 amide bonds. The molecule has 36 heavy (non-hydrogen) atoms. The quantitative estimate of drug-likeness (QED) is 0.335. The van der Waals surface area contributed by atoms with Gasteiger partial charge in [-0.1, -0.05) is 24.3 Å². The van der Waals surface area contributed by atoms with Gasteiger partial charge >= 0.3 is 0 Å². The van der Waals surface area contributed by atoms with Crippen LogP contribution < -0.4 is 15.0 Å². The number of ether oxygens (including phenoxy) is 1. The molecule has 11 heteroatoms. The lowest BCUT2D eigenvalue weighted by atomic mass is 10.1. The van der Waals surface area contributed by atoms with Crippen LogP contribution in [0.4, 0.5) is 15.8 Å². The number of rotatable bonds is 9. The van der Waals surface area contributed by atoms with Crippen molar-refractivity contribution in [3.05, 3.63) is 96.0 Å². The second-order valence-electron chi connectivity index (χ2n) is 7.88. The van der Waals surface area contributed by atoms with Crippen molar-refractivity contribution in [1.82, 2.24) is 9.97 Å². The van der Waals surface area contributed by atoms with Crippen LogP contribution >= 0.6 is 0 Å². The molecule has 0 unspecified atom stereocenters. The number of anilines is 2. The minimum absolute atomic E-state index is 0.0710. The molecular weight excluding hydrogens is 487 g/mol. The Balaban J connectivity index is 1.80. The highest BCUT2D eigenvalue weighted by Gasteiger charge is 2.25. The summed E-state index contributed by atoms with van der Waals surface area (Å²) < 4.78 is 49.4.